The average molecular weight is 342 g/mol. The lowest BCUT2D eigenvalue weighted by Crippen LogP contribution is -2.22. The Hall–Kier alpha value is -2.16. The summed E-state index contributed by atoms with van der Waals surface area (Å²) >= 11 is 0. The molecule has 3 heteroatoms. The minimum absolute atomic E-state index is 0.0719. The van der Waals surface area contributed by atoms with E-state index in [1.54, 1.807) is 7.11 Å². The van der Waals surface area contributed by atoms with Crippen molar-refractivity contribution in [3.8, 4) is 5.75 Å². The Balaban J connectivity index is 2.29. The maximum atomic E-state index is 11.8. The van der Waals surface area contributed by atoms with Gasteiger partial charge in [0.05, 0.1) is 13.0 Å². The highest BCUT2D eigenvalue weighted by atomic mass is 16.5. The van der Waals surface area contributed by atoms with Crippen molar-refractivity contribution in [2.75, 3.05) is 7.11 Å². The molecule has 1 rings (SSSR count). The Morgan fingerprint density at radius 3 is 2.04 bits per heavy atom. The summed E-state index contributed by atoms with van der Waals surface area (Å²) in [6, 6.07) is 7.96. The van der Waals surface area contributed by atoms with Gasteiger partial charge in [0.25, 0.3) is 0 Å². The second-order valence-corrected chi connectivity index (χ2v) is 5.99. The number of rotatable bonds is 12. The molecule has 0 heterocycles. The van der Waals surface area contributed by atoms with E-state index in [1.165, 1.54) is 0 Å². The molecule has 0 unspecified atom stereocenters. The molecule has 25 heavy (non-hydrogen) atoms. The van der Waals surface area contributed by atoms with E-state index in [0.29, 0.717) is 19.3 Å². The summed E-state index contributed by atoms with van der Waals surface area (Å²) < 4.78 is 5.13. The second kappa shape index (κ2) is 12.2. The zero-order valence-electron chi connectivity index (χ0n) is 15.7. The highest BCUT2D eigenvalue weighted by Crippen LogP contribution is 2.15. The first-order valence-corrected chi connectivity index (χ1v) is 9.13. The number of Topliss-reactive ketones (excluding diaryl/α,β-unsaturated/α-hetero) is 2. The van der Waals surface area contributed by atoms with Gasteiger partial charge >= 0.3 is 0 Å². The molecule has 0 aliphatic heterocycles. The molecule has 0 saturated heterocycles. The molecule has 0 radical (unpaired) electrons. The van der Waals surface area contributed by atoms with Crippen LogP contribution in [0.25, 0.3) is 6.08 Å². The van der Waals surface area contributed by atoms with E-state index in [9.17, 15) is 9.59 Å². The van der Waals surface area contributed by atoms with Gasteiger partial charge in [-0.15, -0.1) is 0 Å². The van der Waals surface area contributed by atoms with Crippen LogP contribution in [0.5, 0.6) is 5.75 Å². The van der Waals surface area contributed by atoms with E-state index in [0.717, 1.165) is 30.6 Å². The molecule has 0 bridgehead atoms. The second-order valence-electron chi connectivity index (χ2n) is 5.99. The van der Waals surface area contributed by atoms with Crippen LogP contribution >= 0.6 is 0 Å². The van der Waals surface area contributed by atoms with Crippen LogP contribution in [0.15, 0.2) is 42.5 Å². The molecule has 0 N–H and O–H groups in total. The van der Waals surface area contributed by atoms with Gasteiger partial charge in [0, 0.05) is 12.8 Å². The summed E-state index contributed by atoms with van der Waals surface area (Å²) in [5, 5.41) is 0. The van der Waals surface area contributed by atoms with Gasteiger partial charge in [-0.1, -0.05) is 50.3 Å². The maximum Gasteiger partial charge on any atom is 0.143 e. The van der Waals surface area contributed by atoms with Crippen molar-refractivity contribution in [1.82, 2.24) is 0 Å². The van der Waals surface area contributed by atoms with Gasteiger partial charge in [-0.3, -0.25) is 9.59 Å². The molecule has 0 fully saturated rings. The van der Waals surface area contributed by atoms with Crippen molar-refractivity contribution < 1.29 is 14.3 Å². The van der Waals surface area contributed by atoms with E-state index in [2.05, 4.69) is 24.3 Å². The monoisotopic (exact) mass is 342 g/mol. The molecule has 1 aromatic rings. The Bertz CT molecular complexity index is 566. The van der Waals surface area contributed by atoms with Crippen LogP contribution in [0.4, 0.5) is 0 Å². The third kappa shape index (κ3) is 7.97. The van der Waals surface area contributed by atoms with Gasteiger partial charge in [0.1, 0.15) is 17.3 Å². The number of carbonyl (C=O) groups excluding carboxylic acids is 2. The predicted molar refractivity (Wildman–Crippen MR) is 104 cm³/mol. The number of methoxy groups -OCH3 is 1. The van der Waals surface area contributed by atoms with Crippen molar-refractivity contribution in [2.45, 2.75) is 52.4 Å². The van der Waals surface area contributed by atoms with Crippen molar-refractivity contribution >= 4 is 17.6 Å². The third-order valence-corrected chi connectivity index (χ3v) is 4.19. The van der Waals surface area contributed by atoms with Crippen LogP contribution < -0.4 is 4.74 Å². The fraction of sp³-hybridized carbons (Fsp3) is 0.455. The lowest BCUT2D eigenvalue weighted by atomic mass is 9.91. The van der Waals surface area contributed by atoms with E-state index in [-0.39, 0.29) is 11.6 Å². The topological polar surface area (TPSA) is 43.4 Å². The quantitative estimate of drug-likeness (QED) is 0.290. The van der Waals surface area contributed by atoms with Crippen molar-refractivity contribution in [3.05, 3.63) is 48.1 Å². The van der Waals surface area contributed by atoms with Crippen LogP contribution in [0.3, 0.4) is 0 Å². The first-order valence-electron chi connectivity index (χ1n) is 9.13. The van der Waals surface area contributed by atoms with E-state index >= 15 is 0 Å². The summed E-state index contributed by atoms with van der Waals surface area (Å²) in [6.45, 7) is 3.65. The van der Waals surface area contributed by atoms with Gasteiger partial charge in [-0.2, -0.15) is 0 Å². The van der Waals surface area contributed by atoms with Crippen LogP contribution in [-0.4, -0.2) is 18.7 Å². The number of unbranched alkanes of at least 4 members (excludes halogenated alkanes) is 1. The summed E-state index contributed by atoms with van der Waals surface area (Å²) in [5.41, 5.74) is 1.16. The molecular formula is C22H30O3. The zero-order valence-corrected chi connectivity index (χ0v) is 15.7. The molecule has 0 aromatic heterocycles. The van der Waals surface area contributed by atoms with Gasteiger partial charge in [0.15, 0.2) is 0 Å². The van der Waals surface area contributed by atoms with Crippen LogP contribution in [0, 0.1) is 5.92 Å². The van der Waals surface area contributed by atoms with E-state index in [4.69, 9.17) is 4.74 Å². The Labute approximate surface area is 151 Å². The first kappa shape index (κ1) is 20.9. The SMILES string of the molecule is CCC(=O)C(CCC=CCCC=Cc1ccc(OC)cc1)C(=O)CC. The third-order valence-electron chi connectivity index (χ3n) is 4.19. The summed E-state index contributed by atoms with van der Waals surface area (Å²) in [5.74, 6) is 0.599. The average Bonchev–Trinajstić information content (AvgIpc) is 2.66. The summed E-state index contributed by atoms with van der Waals surface area (Å²) in [6.07, 6.45) is 12.7. The van der Waals surface area contributed by atoms with Gasteiger partial charge in [-0.05, 0) is 43.4 Å². The number of ketones is 2. The molecule has 0 atom stereocenters. The smallest absolute Gasteiger partial charge is 0.143 e. The largest absolute Gasteiger partial charge is 0.497 e. The van der Waals surface area contributed by atoms with Gasteiger partial charge < -0.3 is 4.74 Å². The molecule has 136 valence electrons. The molecule has 0 amide bonds. The molecule has 0 aliphatic rings. The van der Waals surface area contributed by atoms with E-state index < -0.39 is 5.92 Å². The number of hydrogen-bond acceptors (Lipinski definition) is 3. The fourth-order valence-electron chi connectivity index (χ4n) is 2.62. The number of hydrogen-bond donors (Lipinski definition) is 0. The number of carbonyl (C=O) groups is 2. The fourth-order valence-corrected chi connectivity index (χ4v) is 2.62. The predicted octanol–water partition coefficient (Wildman–Crippen LogP) is 5.40. The Morgan fingerprint density at radius 2 is 1.48 bits per heavy atom. The van der Waals surface area contributed by atoms with E-state index in [1.807, 2.05) is 38.1 Å². The maximum absolute atomic E-state index is 11.8. The van der Waals surface area contributed by atoms with Gasteiger partial charge in [-0.25, -0.2) is 0 Å². The first-order chi connectivity index (χ1) is 12.1. The summed E-state index contributed by atoms with van der Waals surface area (Å²) in [7, 11) is 1.66. The Kier molecular flexibility index (Phi) is 10.2. The highest BCUT2D eigenvalue weighted by molar-refractivity contribution is 6.02. The standard InChI is InChI=1S/C22H30O3/c1-4-21(23)20(22(24)5-2)13-11-9-7-6-8-10-12-18-14-16-19(25-3)17-15-18/h7,9-10,12,14-17,20H,4-6,8,11,13H2,1-3H3. The molecule has 1 aromatic carbocycles. The minimum Gasteiger partial charge on any atom is -0.497 e. The number of allylic oxidation sites excluding steroid dienone is 3. The molecule has 0 spiro atoms. The van der Waals surface area contributed by atoms with Crippen LogP contribution in [0.1, 0.15) is 57.9 Å². The molecule has 0 aliphatic carbocycles. The molecule has 3 nitrogen and oxygen atoms in total. The molecule has 0 saturated carbocycles. The normalized spacial score (nSPS) is 11.5. The number of ether oxygens (including phenoxy) is 1. The minimum atomic E-state index is -0.408. The van der Waals surface area contributed by atoms with Crippen LogP contribution in [0.2, 0.25) is 0 Å². The van der Waals surface area contributed by atoms with Crippen molar-refractivity contribution in [1.29, 1.82) is 0 Å². The number of benzene rings is 1. The van der Waals surface area contributed by atoms with Crippen molar-refractivity contribution in [3.63, 3.8) is 0 Å². The lowest BCUT2D eigenvalue weighted by Gasteiger charge is -2.11. The van der Waals surface area contributed by atoms with Crippen molar-refractivity contribution in [2.24, 2.45) is 5.92 Å². The van der Waals surface area contributed by atoms with Gasteiger partial charge in [0.2, 0.25) is 0 Å². The van der Waals surface area contributed by atoms with Crippen LogP contribution in [-0.2, 0) is 9.59 Å². The lowest BCUT2D eigenvalue weighted by molar-refractivity contribution is -0.132. The zero-order chi connectivity index (χ0) is 18.5. The highest BCUT2D eigenvalue weighted by Gasteiger charge is 2.22. The summed E-state index contributed by atoms with van der Waals surface area (Å²) in [4.78, 5) is 23.7. The Morgan fingerprint density at radius 1 is 0.920 bits per heavy atom. The molecular weight excluding hydrogens is 312 g/mol.